The molecule has 212 valence electrons. The lowest BCUT2D eigenvalue weighted by Gasteiger charge is -2.23. The van der Waals surface area contributed by atoms with Crippen molar-refractivity contribution in [3.05, 3.63) is 131 Å². The molecule has 1 aliphatic rings. The number of rotatable bonds is 4. The Morgan fingerprint density at radius 1 is 0.791 bits per heavy atom. The maximum atomic E-state index is 14.0. The number of carbonyl (C=O) groups excluding carboxylic acids is 1. The normalized spacial score (nSPS) is 12.7. The number of alkyl halides is 3. The van der Waals surface area contributed by atoms with Gasteiger partial charge in [0, 0.05) is 40.6 Å². The van der Waals surface area contributed by atoms with Gasteiger partial charge in [-0.3, -0.25) is 4.79 Å². The molecule has 0 fully saturated rings. The third kappa shape index (κ3) is 4.61. The minimum atomic E-state index is -4.66. The number of fused-ring (bicyclic) bond motifs is 3. The van der Waals surface area contributed by atoms with Gasteiger partial charge in [0.2, 0.25) is 5.88 Å². The average molecular weight is 584 g/mol. The van der Waals surface area contributed by atoms with Gasteiger partial charge in [-0.1, -0.05) is 48.5 Å². The topological polar surface area (TPSA) is 67.9 Å². The summed E-state index contributed by atoms with van der Waals surface area (Å²) < 4.78 is 73.8. The van der Waals surface area contributed by atoms with Gasteiger partial charge in [-0.25, -0.2) is 18.7 Å². The number of hydrogen-bond donors (Lipinski definition) is 1. The number of ketones is 1. The van der Waals surface area contributed by atoms with Crippen molar-refractivity contribution in [3.63, 3.8) is 0 Å². The van der Waals surface area contributed by atoms with E-state index in [0.29, 0.717) is 34.2 Å². The third-order valence-electron chi connectivity index (χ3n) is 7.37. The Kier molecular flexibility index (Phi) is 6.08. The number of aromatic nitrogens is 3. The Bertz CT molecular complexity index is 2030. The number of hydrogen-bond acceptors (Lipinski definition) is 4. The van der Waals surface area contributed by atoms with E-state index in [1.165, 1.54) is 24.4 Å². The van der Waals surface area contributed by atoms with Crippen LogP contribution >= 0.6 is 0 Å². The van der Waals surface area contributed by atoms with Crippen molar-refractivity contribution in [2.45, 2.75) is 12.6 Å². The molecule has 0 spiro atoms. The van der Waals surface area contributed by atoms with Gasteiger partial charge >= 0.3 is 6.18 Å². The minimum Gasteiger partial charge on any atom is -0.438 e. The molecule has 43 heavy (non-hydrogen) atoms. The van der Waals surface area contributed by atoms with Crippen molar-refractivity contribution in [1.29, 1.82) is 0 Å². The SMILES string of the molecule is O=C1c2ccccc2Cc2ccc(-c3nc4cc(F)c(F)cc4[nH]3)c(-c3ccc(Oc4ncccc4C(F)(F)F)cc3)c21. The first-order valence-corrected chi connectivity index (χ1v) is 13.1. The molecule has 1 aliphatic carbocycles. The number of carbonyl (C=O) groups is 1. The standard InChI is InChI=1S/C33H18F5N3O2/c34-24-15-26-27(16-25(24)35)41-31(40-26)22-12-9-19-14-18-4-1-2-5-21(18)30(42)29(19)28(22)17-7-10-20(11-8-17)43-32-23(33(36,37)38)6-3-13-39-32/h1-13,15-16H,14H2,(H,40,41). The zero-order valence-corrected chi connectivity index (χ0v) is 22.0. The van der Waals surface area contributed by atoms with Crippen LogP contribution in [0.1, 0.15) is 32.6 Å². The Balaban J connectivity index is 1.37. The molecule has 10 heteroatoms. The van der Waals surface area contributed by atoms with E-state index in [1.807, 2.05) is 18.2 Å². The summed E-state index contributed by atoms with van der Waals surface area (Å²) in [6, 6.07) is 21.2. The molecule has 0 radical (unpaired) electrons. The lowest BCUT2D eigenvalue weighted by molar-refractivity contribution is -0.138. The van der Waals surface area contributed by atoms with Crippen LogP contribution in [0.25, 0.3) is 33.5 Å². The summed E-state index contributed by atoms with van der Waals surface area (Å²) in [5.41, 5.74) is 3.68. The number of imidazole rings is 1. The fourth-order valence-corrected chi connectivity index (χ4v) is 5.41. The minimum absolute atomic E-state index is 0.102. The molecule has 2 heterocycles. The molecule has 0 atom stereocenters. The molecule has 2 aromatic heterocycles. The van der Waals surface area contributed by atoms with E-state index in [1.54, 1.807) is 30.3 Å². The smallest absolute Gasteiger partial charge is 0.421 e. The van der Waals surface area contributed by atoms with Crippen molar-refractivity contribution >= 4 is 16.8 Å². The third-order valence-corrected chi connectivity index (χ3v) is 7.37. The number of benzene rings is 4. The fraction of sp³-hybridized carbons (Fsp3) is 0.0606. The van der Waals surface area contributed by atoms with Gasteiger partial charge in [-0.15, -0.1) is 0 Å². The van der Waals surface area contributed by atoms with Gasteiger partial charge in [0.05, 0.1) is 11.0 Å². The van der Waals surface area contributed by atoms with Crippen molar-refractivity contribution in [1.82, 2.24) is 15.0 Å². The summed E-state index contributed by atoms with van der Waals surface area (Å²) in [5, 5.41) is 0. The second kappa shape index (κ2) is 9.87. The summed E-state index contributed by atoms with van der Waals surface area (Å²) in [7, 11) is 0. The number of H-pyrrole nitrogens is 1. The van der Waals surface area contributed by atoms with E-state index < -0.39 is 29.3 Å². The van der Waals surface area contributed by atoms with Gasteiger partial charge in [0.1, 0.15) is 17.1 Å². The van der Waals surface area contributed by atoms with Gasteiger partial charge in [0.25, 0.3) is 0 Å². The molecule has 0 saturated heterocycles. The number of nitrogens with one attached hydrogen (secondary N) is 1. The largest absolute Gasteiger partial charge is 0.438 e. The highest BCUT2D eigenvalue weighted by molar-refractivity contribution is 6.17. The highest BCUT2D eigenvalue weighted by atomic mass is 19.4. The molecule has 5 nitrogen and oxygen atoms in total. The van der Waals surface area contributed by atoms with E-state index in [-0.39, 0.29) is 28.4 Å². The van der Waals surface area contributed by atoms with Crippen LogP contribution in [0.3, 0.4) is 0 Å². The average Bonchev–Trinajstić information content (AvgIpc) is 3.39. The van der Waals surface area contributed by atoms with Crippen LogP contribution in [0.4, 0.5) is 22.0 Å². The van der Waals surface area contributed by atoms with Crippen LogP contribution in [-0.2, 0) is 12.6 Å². The molecular weight excluding hydrogens is 565 g/mol. The van der Waals surface area contributed by atoms with Crippen molar-refractivity contribution in [2.24, 2.45) is 0 Å². The van der Waals surface area contributed by atoms with E-state index >= 15 is 0 Å². The monoisotopic (exact) mass is 583 g/mol. The van der Waals surface area contributed by atoms with Crippen molar-refractivity contribution in [2.75, 3.05) is 0 Å². The van der Waals surface area contributed by atoms with Crippen molar-refractivity contribution < 1.29 is 31.5 Å². The number of aromatic amines is 1. The van der Waals surface area contributed by atoms with Gasteiger partial charge in [-0.05, 0) is 47.4 Å². The maximum absolute atomic E-state index is 14.0. The lowest BCUT2D eigenvalue weighted by atomic mass is 9.79. The molecule has 7 rings (SSSR count). The fourth-order valence-electron chi connectivity index (χ4n) is 5.41. The summed E-state index contributed by atoms with van der Waals surface area (Å²) in [5.74, 6) is -2.48. The van der Waals surface area contributed by atoms with Crippen LogP contribution in [0, 0.1) is 11.6 Å². The predicted molar refractivity (Wildman–Crippen MR) is 149 cm³/mol. The van der Waals surface area contributed by atoms with Crippen LogP contribution in [-0.4, -0.2) is 20.7 Å². The zero-order chi connectivity index (χ0) is 29.9. The molecule has 0 unspecified atom stereocenters. The Hall–Kier alpha value is -5.38. The highest BCUT2D eigenvalue weighted by Gasteiger charge is 2.35. The van der Waals surface area contributed by atoms with E-state index in [4.69, 9.17) is 4.74 Å². The summed E-state index contributed by atoms with van der Waals surface area (Å²) >= 11 is 0. The molecule has 0 bridgehead atoms. The lowest BCUT2D eigenvalue weighted by Crippen LogP contribution is -2.17. The number of ether oxygens (including phenoxy) is 1. The Morgan fingerprint density at radius 3 is 2.35 bits per heavy atom. The molecule has 1 N–H and O–H groups in total. The van der Waals surface area contributed by atoms with Gasteiger partial charge < -0.3 is 9.72 Å². The maximum Gasteiger partial charge on any atom is 0.421 e. The van der Waals surface area contributed by atoms with E-state index in [9.17, 15) is 26.7 Å². The van der Waals surface area contributed by atoms with Crippen molar-refractivity contribution in [3.8, 4) is 34.1 Å². The molecule has 4 aromatic carbocycles. The van der Waals surface area contributed by atoms with E-state index in [2.05, 4.69) is 15.0 Å². The summed E-state index contributed by atoms with van der Waals surface area (Å²) in [6.07, 6.45) is -2.95. The molecule has 0 aliphatic heterocycles. The number of nitrogens with zero attached hydrogens (tertiary/aromatic N) is 2. The first-order valence-electron chi connectivity index (χ1n) is 13.1. The van der Waals surface area contributed by atoms with Gasteiger partial charge in [0.15, 0.2) is 17.4 Å². The Morgan fingerprint density at radius 2 is 1.56 bits per heavy atom. The molecular formula is C33H18F5N3O2. The number of pyridine rings is 1. The first-order chi connectivity index (χ1) is 20.7. The molecule has 0 saturated carbocycles. The zero-order valence-electron chi connectivity index (χ0n) is 22.0. The van der Waals surface area contributed by atoms with Crippen LogP contribution < -0.4 is 4.74 Å². The molecule has 6 aromatic rings. The highest BCUT2D eigenvalue weighted by Crippen LogP contribution is 2.42. The second-order valence-electron chi connectivity index (χ2n) is 10.0. The summed E-state index contributed by atoms with van der Waals surface area (Å²) in [4.78, 5) is 25.2. The second-order valence-corrected chi connectivity index (χ2v) is 10.0. The van der Waals surface area contributed by atoms with E-state index in [0.717, 1.165) is 29.3 Å². The van der Waals surface area contributed by atoms with Gasteiger partial charge in [-0.2, -0.15) is 13.2 Å². The molecule has 0 amide bonds. The Labute approximate surface area is 240 Å². The first kappa shape index (κ1) is 26.5. The van der Waals surface area contributed by atoms with Crippen LogP contribution in [0.2, 0.25) is 0 Å². The van der Waals surface area contributed by atoms with Crippen LogP contribution in [0.15, 0.2) is 91.1 Å². The number of halogens is 5. The quantitative estimate of drug-likeness (QED) is 0.211. The predicted octanol–water partition coefficient (Wildman–Crippen LogP) is 8.52. The van der Waals surface area contributed by atoms with Crippen LogP contribution in [0.5, 0.6) is 11.6 Å². The summed E-state index contributed by atoms with van der Waals surface area (Å²) in [6.45, 7) is 0.